The van der Waals surface area contributed by atoms with Gasteiger partial charge in [-0.3, -0.25) is 19.0 Å². The van der Waals surface area contributed by atoms with Crippen molar-refractivity contribution in [3.63, 3.8) is 0 Å². The van der Waals surface area contributed by atoms with Crippen molar-refractivity contribution in [2.24, 2.45) is 14.1 Å². The SMILES string of the molecule is CCCCN(CCCC)c1ccc(C(c2c(C)n(C)n(-c3ccccc3)c2=O)c2c(C)n(C)n(-c3ccccc3)c2=O)cc1. The van der Waals surface area contributed by atoms with Gasteiger partial charge in [-0.2, -0.15) is 0 Å². The molecule has 0 atom stereocenters. The Hall–Kier alpha value is -4.52. The minimum Gasteiger partial charge on any atom is -0.372 e. The lowest BCUT2D eigenvalue weighted by atomic mass is 9.85. The van der Waals surface area contributed by atoms with Crippen molar-refractivity contribution in [1.82, 2.24) is 18.7 Å². The first-order chi connectivity index (χ1) is 21.3. The van der Waals surface area contributed by atoms with Gasteiger partial charge in [0.1, 0.15) is 0 Å². The van der Waals surface area contributed by atoms with Crippen LogP contribution < -0.4 is 16.0 Å². The topological polar surface area (TPSA) is 57.1 Å². The molecule has 5 aromatic rings. The zero-order valence-electron chi connectivity index (χ0n) is 27.0. The fourth-order valence-electron chi connectivity index (χ4n) is 6.27. The third-order valence-corrected chi connectivity index (χ3v) is 8.93. The lowest BCUT2D eigenvalue weighted by Gasteiger charge is -2.25. The monoisotopic (exact) mass is 591 g/mol. The molecule has 0 radical (unpaired) electrons. The molecule has 3 aromatic carbocycles. The number of nitrogens with zero attached hydrogens (tertiary/aromatic N) is 5. The summed E-state index contributed by atoms with van der Waals surface area (Å²) >= 11 is 0. The fourth-order valence-corrected chi connectivity index (χ4v) is 6.27. The first-order valence-electron chi connectivity index (χ1n) is 15.8. The highest BCUT2D eigenvalue weighted by Crippen LogP contribution is 2.34. The zero-order valence-corrected chi connectivity index (χ0v) is 27.0. The molecule has 0 amide bonds. The molecule has 0 aliphatic rings. The molecule has 0 aliphatic heterocycles. The number of anilines is 1. The van der Waals surface area contributed by atoms with Gasteiger partial charge in [0.05, 0.1) is 22.5 Å². The van der Waals surface area contributed by atoms with Gasteiger partial charge in [0.2, 0.25) is 0 Å². The van der Waals surface area contributed by atoms with Crippen LogP contribution in [0, 0.1) is 13.8 Å². The van der Waals surface area contributed by atoms with Crippen LogP contribution in [0.4, 0.5) is 5.69 Å². The van der Waals surface area contributed by atoms with E-state index in [1.54, 1.807) is 9.36 Å². The van der Waals surface area contributed by atoms with Crippen molar-refractivity contribution < 1.29 is 0 Å². The normalized spacial score (nSPS) is 11.4. The average molecular weight is 592 g/mol. The Labute approximate surface area is 260 Å². The Balaban J connectivity index is 1.73. The van der Waals surface area contributed by atoms with Gasteiger partial charge in [-0.1, -0.05) is 75.2 Å². The molecule has 0 N–H and O–H groups in total. The quantitative estimate of drug-likeness (QED) is 0.159. The summed E-state index contributed by atoms with van der Waals surface area (Å²) in [7, 11) is 3.82. The van der Waals surface area contributed by atoms with Crippen LogP contribution in [-0.2, 0) is 14.1 Å². The van der Waals surface area contributed by atoms with E-state index < -0.39 is 5.92 Å². The lowest BCUT2D eigenvalue weighted by Crippen LogP contribution is -2.27. The number of hydrogen-bond donors (Lipinski definition) is 0. The Morgan fingerprint density at radius 3 is 1.41 bits per heavy atom. The van der Waals surface area contributed by atoms with Crippen molar-refractivity contribution >= 4 is 5.69 Å². The van der Waals surface area contributed by atoms with Gasteiger partial charge in [0.15, 0.2) is 0 Å². The van der Waals surface area contributed by atoms with Gasteiger partial charge in [0.25, 0.3) is 11.1 Å². The second-order valence-electron chi connectivity index (χ2n) is 11.7. The smallest absolute Gasteiger partial charge is 0.275 e. The maximum atomic E-state index is 14.4. The standard InChI is InChI=1S/C37H45N5O2/c1-7-9-25-40(26-10-8-2)30-23-21-29(22-24-30)35(33-27(3)38(5)41(36(33)43)31-17-13-11-14-18-31)34-28(4)39(6)42(37(34)44)32-19-15-12-16-20-32/h11-24,35H,7-10,25-26H2,1-6H3. The highest BCUT2D eigenvalue weighted by molar-refractivity contribution is 5.53. The van der Waals surface area contributed by atoms with E-state index in [2.05, 4.69) is 43.0 Å². The molecule has 0 aliphatic carbocycles. The van der Waals surface area contributed by atoms with Gasteiger partial charge in [-0.15, -0.1) is 0 Å². The largest absolute Gasteiger partial charge is 0.372 e. The van der Waals surface area contributed by atoms with E-state index >= 15 is 0 Å². The second kappa shape index (κ2) is 13.4. The number of aromatic nitrogens is 4. The molecule has 7 nitrogen and oxygen atoms in total. The maximum absolute atomic E-state index is 14.4. The molecule has 0 unspecified atom stereocenters. The molecular formula is C37H45N5O2. The van der Waals surface area contributed by atoms with Crippen LogP contribution in [0.15, 0.2) is 94.5 Å². The van der Waals surface area contributed by atoms with Gasteiger partial charge in [-0.25, -0.2) is 9.36 Å². The van der Waals surface area contributed by atoms with E-state index in [9.17, 15) is 9.59 Å². The molecule has 0 spiro atoms. The summed E-state index contributed by atoms with van der Waals surface area (Å²) in [5.74, 6) is -0.545. The van der Waals surface area contributed by atoms with Crippen LogP contribution in [0.5, 0.6) is 0 Å². The fraction of sp³-hybridized carbons (Fsp3) is 0.351. The minimum atomic E-state index is -0.545. The van der Waals surface area contributed by atoms with E-state index in [4.69, 9.17) is 0 Å². The summed E-state index contributed by atoms with van der Waals surface area (Å²) in [6.45, 7) is 10.4. The van der Waals surface area contributed by atoms with Crippen molar-refractivity contribution in [2.45, 2.75) is 59.3 Å². The molecular weight excluding hydrogens is 546 g/mol. The Morgan fingerprint density at radius 1 is 0.614 bits per heavy atom. The Bertz CT molecular complexity index is 1700. The van der Waals surface area contributed by atoms with E-state index in [-0.39, 0.29) is 11.1 Å². The molecule has 2 heterocycles. The molecule has 5 rings (SSSR count). The first kappa shape index (κ1) is 30.9. The predicted molar refractivity (Wildman–Crippen MR) is 181 cm³/mol. The van der Waals surface area contributed by atoms with Crippen molar-refractivity contribution in [2.75, 3.05) is 18.0 Å². The van der Waals surface area contributed by atoms with E-state index in [1.807, 2.05) is 98.0 Å². The van der Waals surface area contributed by atoms with Crippen molar-refractivity contribution in [3.05, 3.63) is 134 Å². The van der Waals surface area contributed by atoms with Crippen LogP contribution >= 0.6 is 0 Å². The first-order valence-corrected chi connectivity index (χ1v) is 15.8. The molecule has 0 saturated carbocycles. The molecule has 0 fully saturated rings. The minimum absolute atomic E-state index is 0.119. The summed E-state index contributed by atoms with van der Waals surface area (Å²) in [6, 6.07) is 27.9. The average Bonchev–Trinajstić information content (AvgIpc) is 3.40. The summed E-state index contributed by atoms with van der Waals surface area (Å²) in [5.41, 5.74) is 6.33. The van der Waals surface area contributed by atoms with E-state index in [0.29, 0.717) is 11.1 Å². The summed E-state index contributed by atoms with van der Waals surface area (Å²) in [5, 5.41) is 0. The number of para-hydroxylation sites is 2. The lowest BCUT2D eigenvalue weighted by molar-refractivity contribution is 0.630. The summed E-state index contributed by atoms with van der Waals surface area (Å²) in [6.07, 6.45) is 4.56. The molecule has 0 saturated heterocycles. The highest BCUT2D eigenvalue weighted by atomic mass is 16.1. The zero-order chi connectivity index (χ0) is 31.4. The third kappa shape index (κ3) is 5.71. The number of hydrogen-bond acceptors (Lipinski definition) is 3. The molecule has 230 valence electrons. The Kier molecular flexibility index (Phi) is 9.43. The van der Waals surface area contributed by atoms with Gasteiger partial charge in [-0.05, 0) is 68.7 Å². The summed E-state index contributed by atoms with van der Waals surface area (Å²) in [4.78, 5) is 31.3. The highest BCUT2D eigenvalue weighted by Gasteiger charge is 2.32. The van der Waals surface area contributed by atoms with Gasteiger partial charge < -0.3 is 4.90 Å². The van der Waals surface area contributed by atoms with Crippen molar-refractivity contribution in [1.29, 1.82) is 0 Å². The van der Waals surface area contributed by atoms with Crippen LogP contribution in [-0.4, -0.2) is 31.8 Å². The molecule has 2 aromatic heterocycles. The van der Waals surface area contributed by atoms with Crippen LogP contribution in [0.1, 0.15) is 73.5 Å². The van der Waals surface area contributed by atoms with Crippen LogP contribution in [0.25, 0.3) is 11.4 Å². The summed E-state index contributed by atoms with van der Waals surface area (Å²) < 4.78 is 7.22. The van der Waals surface area contributed by atoms with Gasteiger partial charge >= 0.3 is 0 Å². The number of unbranched alkanes of at least 4 members (excludes halogenated alkanes) is 2. The van der Waals surface area contributed by atoms with Gasteiger partial charge in [0, 0.05) is 50.2 Å². The third-order valence-electron chi connectivity index (χ3n) is 8.93. The maximum Gasteiger partial charge on any atom is 0.275 e. The Morgan fingerprint density at radius 2 is 1.02 bits per heavy atom. The number of benzene rings is 3. The van der Waals surface area contributed by atoms with Crippen molar-refractivity contribution in [3.8, 4) is 11.4 Å². The predicted octanol–water partition coefficient (Wildman–Crippen LogP) is 6.87. The number of rotatable bonds is 12. The van der Waals surface area contributed by atoms with Crippen LogP contribution in [0.3, 0.4) is 0 Å². The molecule has 44 heavy (non-hydrogen) atoms. The second-order valence-corrected chi connectivity index (χ2v) is 11.7. The van der Waals surface area contributed by atoms with Crippen LogP contribution in [0.2, 0.25) is 0 Å². The van der Waals surface area contributed by atoms with E-state index in [1.165, 1.54) is 5.69 Å². The molecule has 0 bridgehead atoms. The molecule has 7 heteroatoms. The van der Waals surface area contributed by atoms with E-state index in [0.717, 1.165) is 67.1 Å².